The minimum atomic E-state index is 0.164. The summed E-state index contributed by atoms with van der Waals surface area (Å²) in [5.41, 5.74) is 5.83. The summed E-state index contributed by atoms with van der Waals surface area (Å²) in [5.74, 6) is 6.81. The van der Waals surface area contributed by atoms with Crippen LogP contribution in [0.15, 0.2) is 22.8 Å². The van der Waals surface area contributed by atoms with Gasteiger partial charge in [-0.25, -0.2) is 0 Å². The Morgan fingerprint density at radius 2 is 2.46 bits per heavy atom. The number of aryl methyl sites for hydroxylation is 1. The molecule has 2 nitrogen and oxygen atoms in total. The first-order chi connectivity index (χ1) is 6.33. The van der Waals surface area contributed by atoms with E-state index in [1.54, 1.807) is 6.26 Å². The van der Waals surface area contributed by atoms with Crippen molar-refractivity contribution in [2.75, 3.05) is 0 Å². The zero-order valence-corrected chi connectivity index (χ0v) is 7.92. The highest BCUT2D eigenvalue weighted by atomic mass is 16.3. The van der Waals surface area contributed by atoms with Crippen molar-refractivity contribution in [3.63, 3.8) is 0 Å². The molecular weight excluding hydrogens is 162 g/mol. The molecule has 0 aliphatic carbocycles. The van der Waals surface area contributed by atoms with Gasteiger partial charge in [0.2, 0.25) is 0 Å². The zero-order valence-electron chi connectivity index (χ0n) is 7.92. The average molecular weight is 177 g/mol. The molecule has 0 aliphatic heterocycles. The average Bonchev–Trinajstić information content (AvgIpc) is 2.64. The Kier molecular flexibility index (Phi) is 4.14. The Morgan fingerprint density at radius 3 is 3.08 bits per heavy atom. The summed E-state index contributed by atoms with van der Waals surface area (Å²) in [7, 11) is 0. The molecule has 2 N–H and O–H groups in total. The van der Waals surface area contributed by atoms with E-state index in [9.17, 15) is 0 Å². The van der Waals surface area contributed by atoms with E-state index in [4.69, 9.17) is 10.2 Å². The van der Waals surface area contributed by atoms with Gasteiger partial charge in [0, 0.05) is 18.9 Å². The van der Waals surface area contributed by atoms with E-state index in [1.807, 2.05) is 19.1 Å². The molecule has 0 fully saturated rings. The third-order valence-electron chi connectivity index (χ3n) is 1.88. The lowest BCUT2D eigenvalue weighted by atomic mass is 10.1. The summed E-state index contributed by atoms with van der Waals surface area (Å²) < 4.78 is 5.20. The Balaban J connectivity index is 2.21. The second-order valence-corrected chi connectivity index (χ2v) is 3.01. The Labute approximate surface area is 79.1 Å². The van der Waals surface area contributed by atoms with Crippen LogP contribution in [0, 0.1) is 11.8 Å². The van der Waals surface area contributed by atoms with Crippen LogP contribution in [0.2, 0.25) is 0 Å². The third kappa shape index (κ3) is 3.82. The van der Waals surface area contributed by atoms with Crippen LogP contribution in [0.5, 0.6) is 0 Å². The summed E-state index contributed by atoms with van der Waals surface area (Å²) in [4.78, 5) is 0. The molecule has 1 atom stereocenters. The largest absolute Gasteiger partial charge is 0.469 e. The topological polar surface area (TPSA) is 39.2 Å². The van der Waals surface area contributed by atoms with E-state index in [1.165, 1.54) is 0 Å². The highest BCUT2D eigenvalue weighted by Crippen LogP contribution is 2.05. The van der Waals surface area contributed by atoms with Crippen LogP contribution in [0.25, 0.3) is 0 Å². The molecule has 0 amide bonds. The molecule has 1 aromatic heterocycles. The fourth-order valence-electron chi connectivity index (χ4n) is 1.12. The quantitative estimate of drug-likeness (QED) is 0.714. The fourth-order valence-corrected chi connectivity index (χ4v) is 1.12. The molecule has 1 aromatic rings. The predicted octanol–water partition coefficient (Wildman–Crippen LogP) is 1.95. The van der Waals surface area contributed by atoms with Crippen LogP contribution >= 0.6 is 0 Å². The SMILES string of the molecule is CC#CCC(N)CCc1ccco1. The fraction of sp³-hybridized carbons (Fsp3) is 0.455. The molecule has 0 aliphatic rings. The van der Waals surface area contributed by atoms with Gasteiger partial charge in [0.1, 0.15) is 5.76 Å². The van der Waals surface area contributed by atoms with E-state index in [-0.39, 0.29) is 6.04 Å². The number of hydrogen-bond acceptors (Lipinski definition) is 2. The molecule has 0 aromatic carbocycles. The van der Waals surface area contributed by atoms with E-state index in [0.29, 0.717) is 0 Å². The smallest absolute Gasteiger partial charge is 0.103 e. The van der Waals surface area contributed by atoms with Crippen LogP contribution in [-0.2, 0) is 6.42 Å². The molecule has 0 bridgehead atoms. The highest BCUT2D eigenvalue weighted by Gasteiger charge is 2.02. The lowest BCUT2D eigenvalue weighted by molar-refractivity contribution is 0.486. The van der Waals surface area contributed by atoms with Crippen molar-refractivity contribution in [3.8, 4) is 11.8 Å². The van der Waals surface area contributed by atoms with Gasteiger partial charge in [-0.1, -0.05) is 0 Å². The highest BCUT2D eigenvalue weighted by molar-refractivity contribution is 5.01. The Hall–Kier alpha value is -1.20. The van der Waals surface area contributed by atoms with Crippen molar-refractivity contribution in [1.29, 1.82) is 0 Å². The van der Waals surface area contributed by atoms with Gasteiger partial charge in [0.05, 0.1) is 6.26 Å². The van der Waals surface area contributed by atoms with Crippen molar-refractivity contribution >= 4 is 0 Å². The summed E-state index contributed by atoms with van der Waals surface area (Å²) in [6.07, 6.45) is 4.30. The van der Waals surface area contributed by atoms with Crippen molar-refractivity contribution < 1.29 is 4.42 Å². The third-order valence-corrected chi connectivity index (χ3v) is 1.88. The molecule has 0 radical (unpaired) electrons. The van der Waals surface area contributed by atoms with Crippen LogP contribution in [0.4, 0.5) is 0 Å². The van der Waals surface area contributed by atoms with Crippen LogP contribution in [0.1, 0.15) is 25.5 Å². The van der Waals surface area contributed by atoms with Gasteiger partial charge in [-0.15, -0.1) is 11.8 Å². The minimum absolute atomic E-state index is 0.164. The van der Waals surface area contributed by atoms with Crippen molar-refractivity contribution in [3.05, 3.63) is 24.2 Å². The van der Waals surface area contributed by atoms with Gasteiger partial charge in [-0.05, 0) is 25.5 Å². The first-order valence-electron chi connectivity index (χ1n) is 4.50. The number of furan rings is 1. The van der Waals surface area contributed by atoms with Crippen LogP contribution < -0.4 is 5.73 Å². The Morgan fingerprint density at radius 1 is 1.62 bits per heavy atom. The molecule has 0 saturated heterocycles. The molecule has 2 heteroatoms. The lowest BCUT2D eigenvalue weighted by Gasteiger charge is -2.05. The number of hydrogen-bond donors (Lipinski definition) is 1. The first kappa shape index (κ1) is 9.88. The summed E-state index contributed by atoms with van der Waals surface area (Å²) in [6.45, 7) is 1.83. The summed E-state index contributed by atoms with van der Waals surface area (Å²) >= 11 is 0. The molecule has 1 heterocycles. The maximum absolute atomic E-state index is 5.83. The van der Waals surface area contributed by atoms with E-state index < -0.39 is 0 Å². The summed E-state index contributed by atoms with van der Waals surface area (Å²) in [5, 5.41) is 0. The lowest BCUT2D eigenvalue weighted by Crippen LogP contribution is -2.19. The van der Waals surface area contributed by atoms with Gasteiger partial charge in [-0.3, -0.25) is 0 Å². The zero-order chi connectivity index (χ0) is 9.52. The minimum Gasteiger partial charge on any atom is -0.469 e. The molecular formula is C11H15NO. The molecule has 0 spiro atoms. The van der Waals surface area contributed by atoms with Gasteiger partial charge >= 0.3 is 0 Å². The maximum Gasteiger partial charge on any atom is 0.103 e. The Bertz CT molecular complexity index is 279. The van der Waals surface area contributed by atoms with Gasteiger partial charge in [0.15, 0.2) is 0 Å². The second-order valence-electron chi connectivity index (χ2n) is 3.01. The van der Waals surface area contributed by atoms with E-state index >= 15 is 0 Å². The molecule has 1 rings (SSSR count). The van der Waals surface area contributed by atoms with E-state index in [2.05, 4.69) is 11.8 Å². The maximum atomic E-state index is 5.83. The van der Waals surface area contributed by atoms with Crippen LogP contribution in [0.3, 0.4) is 0 Å². The molecule has 13 heavy (non-hydrogen) atoms. The van der Waals surface area contributed by atoms with E-state index in [0.717, 1.165) is 25.0 Å². The van der Waals surface area contributed by atoms with Crippen molar-refractivity contribution in [2.45, 2.75) is 32.2 Å². The van der Waals surface area contributed by atoms with Gasteiger partial charge < -0.3 is 10.2 Å². The standard InChI is InChI=1S/C11H15NO/c1-2-3-5-10(12)7-8-11-6-4-9-13-11/h4,6,9-10H,5,7-8,12H2,1H3. The monoisotopic (exact) mass is 177 g/mol. The second kappa shape index (κ2) is 5.45. The van der Waals surface area contributed by atoms with Crippen LogP contribution in [-0.4, -0.2) is 6.04 Å². The van der Waals surface area contributed by atoms with Crippen molar-refractivity contribution in [1.82, 2.24) is 0 Å². The molecule has 70 valence electrons. The first-order valence-corrected chi connectivity index (χ1v) is 4.50. The normalized spacial score (nSPS) is 11.8. The van der Waals surface area contributed by atoms with Crippen molar-refractivity contribution in [2.24, 2.45) is 5.73 Å². The number of nitrogens with two attached hydrogens (primary N) is 1. The van der Waals surface area contributed by atoms with Gasteiger partial charge in [0.25, 0.3) is 0 Å². The molecule has 1 unspecified atom stereocenters. The predicted molar refractivity (Wildman–Crippen MR) is 53.1 cm³/mol. The molecule has 0 saturated carbocycles. The number of rotatable bonds is 4. The summed E-state index contributed by atoms with van der Waals surface area (Å²) in [6, 6.07) is 4.03. The van der Waals surface area contributed by atoms with Gasteiger partial charge in [-0.2, -0.15) is 0 Å².